The molecule has 1 amide bonds. The molecule has 0 atom stereocenters. The Balaban J connectivity index is 2.09. The molecule has 0 aliphatic rings. The molecule has 0 spiro atoms. The summed E-state index contributed by atoms with van der Waals surface area (Å²) in [5.41, 5.74) is 1.62. The van der Waals surface area contributed by atoms with Gasteiger partial charge in [0.15, 0.2) is 0 Å². The number of carbonyl (C=O) groups is 1. The highest BCUT2D eigenvalue weighted by atomic mass is 16.5. The van der Waals surface area contributed by atoms with Crippen LogP contribution >= 0.6 is 0 Å². The van der Waals surface area contributed by atoms with Gasteiger partial charge in [-0.25, -0.2) is 9.78 Å². The topological polar surface area (TPSA) is 72.5 Å². The van der Waals surface area contributed by atoms with E-state index in [0.717, 1.165) is 17.1 Å². The largest absolute Gasteiger partial charge is 0.495 e. The Morgan fingerprint density at radius 3 is 2.60 bits per heavy atom. The average molecular weight is 273 g/mol. The van der Waals surface area contributed by atoms with Gasteiger partial charge in [-0.3, -0.25) is 5.32 Å². The lowest BCUT2D eigenvalue weighted by molar-refractivity contribution is 0.187. The molecular weight excluding hydrogens is 258 g/mol. The number of benzene rings is 1. The van der Waals surface area contributed by atoms with Gasteiger partial charge in [0.1, 0.15) is 11.6 Å². The third-order valence-corrected chi connectivity index (χ3v) is 2.56. The van der Waals surface area contributed by atoms with E-state index in [-0.39, 0.29) is 0 Å². The van der Waals surface area contributed by atoms with Gasteiger partial charge in [-0.1, -0.05) is 12.1 Å². The van der Waals surface area contributed by atoms with Crippen LogP contribution < -0.4 is 15.4 Å². The van der Waals surface area contributed by atoms with Gasteiger partial charge in [0.05, 0.1) is 31.8 Å². The highest BCUT2D eigenvalue weighted by Gasteiger charge is 2.04. The predicted molar refractivity (Wildman–Crippen MR) is 76.5 cm³/mol. The molecule has 0 fully saturated rings. The van der Waals surface area contributed by atoms with Crippen molar-refractivity contribution in [3.05, 3.63) is 42.6 Å². The second-order valence-corrected chi connectivity index (χ2v) is 3.87. The lowest BCUT2D eigenvalue weighted by atomic mass is 10.3. The number of nitrogens with one attached hydrogen (secondary N) is 2. The molecule has 20 heavy (non-hydrogen) atoms. The first kappa shape index (κ1) is 13.7. The van der Waals surface area contributed by atoms with Gasteiger partial charge >= 0.3 is 6.09 Å². The van der Waals surface area contributed by atoms with Crippen molar-refractivity contribution in [2.75, 3.05) is 24.9 Å². The van der Waals surface area contributed by atoms with Crippen LogP contribution in [0.15, 0.2) is 42.6 Å². The number of hydrogen-bond acceptors (Lipinski definition) is 5. The number of anilines is 3. The van der Waals surface area contributed by atoms with Gasteiger partial charge in [0.25, 0.3) is 0 Å². The first-order valence-corrected chi connectivity index (χ1v) is 5.94. The van der Waals surface area contributed by atoms with Crippen LogP contribution in [0.5, 0.6) is 5.75 Å². The monoisotopic (exact) mass is 273 g/mol. The predicted octanol–water partition coefficient (Wildman–Crippen LogP) is 3.01. The number of hydrogen-bond donors (Lipinski definition) is 2. The lowest BCUT2D eigenvalue weighted by Crippen LogP contribution is -2.11. The summed E-state index contributed by atoms with van der Waals surface area (Å²) >= 11 is 0. The van der Waals surface area contributed by atoms with Gasteiger partial charge in [0, 0.05) is 0 Å². The number of ether oxygens (including phenoxy) is 2. The molecule has 0 bridgehead atoms. The van der Waals surface area contributed by atoms with Gasteiger partial charge < -0.3 is 14.8 Å². The zero-order valence-electron chi connectivity index (χ0n) is 11.2. The van der Waals surface area contributed by atoms with Crippen molar-refractivity contribution in [2.24, 2.45) is 0 Å². The summed E-state index contributed by atoms with van der Waals surface area (Å²) in [6.45, 7) is 0. The van der Waals surface area contributed by atoms with Crippen LogP contribution in [-0.4, -0.2) is 25.3 Å². The second-order valence-electron chi connectivity index (χ2n) is 3.87. The van der Waals surface area contributed by atoms with Crippen LogP contribution in [0.4, 0.5) is 22.0 Å². The zero-order valence-corrected chi connectivity index (χ0v) is 11.2. The van der Waals surface area contributed by atoms with Gasteiger partial charge in [-0.05, 0) is 24.3 Å². The second kappa shape index (κ2) is 6.42. The maximum atomic E-state index is 11.0. The van der Waals surface area contributed by atoms with E-state index in [9.17, 15) is 4.79 Å². The fraction of sp³-hybridized carbons (Fsp3) is 0.143. The number of aromatic nitrogens is 1. The van der Waals surface area contributed by atoms with Crippen molar-refractivity contribution in [1.29, 1.82) is 0 Å². The van der Waals surface area contributed by atoms with Gasteiger partial charge in [-0.15, -0.1) is 0 Å². The number of methoxy groups -OCH3 is 2. The molecule has 0 saturated heterocycles. The van der Waals surface area contributed by atoms with E-state index in [4.69, 9.17) is 4.74 Å². The maximum Gasteiger partial charge on any atom is 0.412 e. The van der Waals surface area contributed by atoms with Crippen molar-refractivity contribution >= 4 is 23.3 Å². The molecule has 6 nitrogen and oxygen atoms in total. The lowest BCUT2D eigenvalue weighted by Gasteiger charge is -2.11. The average Bonchev–Trinajstić information content (AvgIpc) is 2.49. The molecule has 0 aliphatic heterocycles. The van der Waals surface area contributed by atoms with Crippen molar-refractivity contribution in [2.45, 2.75) is 0 Å². The molecule has 0 aliphatic carbocycles. The van der Waals surface area contributed by atoms with Gasteiger partial charge in [0.2, 0.25) is 0 Å². The number of pyridine rings is 1. The minimum absolute atomic E-state index is 0.419. The number of carbonyl (C=O) groups excluding carboxylic acids is 1. The van der Waals surface area contributed by atoms with Crippen LogP contribution in [0.2, 0.25) is 0 Å². The van der Waals surface area contributed by atoms with E-state index in [1.165, 1.54) is 7.11 Å². The van der Waals surface area contributed by atoms with Crippen molar-refractivity contribution < 1.29 is 14.3 Å². The standard InChI is InChI=1S/C14H15N3O3/c1-19-12-6-4-3-5-11(12)16-10-7-8-13(15-9-10)17-14(18)20-2/h3-9,16H,1-2H3,(H,15,17,18). The van der Waals surface area contributed by atoms with E-state index in [1.807, 2.05) is 24.3 Å². The fourth-order valence-corrected chi connectivity index (χ4v) is 1.60. The summed E-state index contributed by atoms with van der Waals surface area (Å²) in [6.07, 6.45) is 1.06. The number of rotatable bonds is 4. The third-order valence-electron chi connectivity index (χ3n) is 2.56. The molecule has 2 aromatic rings. The summed E-state index contributed by atoms with van der Waals surface area (Å²) in [5, 5.41) is 5.67. The van der Waals surface area contributed by atoms with E-state index in [1.54, 1.807) is 25.4 Å². The Hall–Kier alpha value is -2.76. The van der Waals surface area contributed by atoms with Crippen LogP contribution in [-0.2, 0) is 4.74 Å². The number of amides is 1. The highest BCUT2D eigenvalue weighted by Crippen LogP contribution is 2.26. The Bertz CT molecular complexity index is 584. The van der Waals surface area contributed by atoms with Crippen LogP contribution in [0.3, 0.4) is 0 Å². The van der Waals surface area contributed by atoms with Crippen LogP contribution in [0.25, 0.3) is 0 Å². The SMILES string of the molecule is COC(=O)Nc1ccc(Nc2ccccc2OC)cn1. The molecule has 0 radical (unpaired) electrons. The molecule has 2 N–H and O–H groups in total. The summed E-state index contributed by atoms with van der Waals surface area (Å²) in [6, 6.07) is 11.0. The van der Waals surface area contributed by atoms with E-state index in [2.05, 4.69) is 20.4 Å². The Labute approximate surface area is 116 Å². The maximum absolute atomic E-state index is 11.0. The normalized spacial score (nSPS) is 9.70. The number of para-hydroxylation sites is 2. The molecule has 0 saturated carbocycles. The molecule has 0 unspecified atom stereocenters. The Kier molecular flexibility index (Phi) is 4.39. The molecule has 1 aromatic carbocycles. The van der Waals surface area contributed by atoms with Crippen molar-refractivity contribution in [3.8, 4) is 5.75 Å². The van der Waals surface area contributed by atoms with Gasteiger partial charge in [-0.2, -0.15) is 0 Å². The quantitative estimate of drug-likeness (QED) is 0.895. The summed E-state index contributed by atoms with van der Waals surface area (Å²) in [5.74, 6) is 1.16. The molecule has 6 heteroatoms. The van der Waals surface area contributed by atoms with Crippen LogP contribution in [0.1, 0.15) is 0 Å². The van der Waals surface area contributed by atoms with E-state index >= 15 is 0 Å². The van der Waals surface area contributed by atoms with Crippen molar-refractivity contribution in [3.63, 3.8) is 0 Å². The first-order valence-electron chi connectivity index (χ1n) is 5.94. The molecule has 1 aromatic heterocycles. The minimum atomic E-state index is -0.553. The molecular formula is C14H15N3O3. The minimum Gasteiger partial charge on any atom is -0.495 e. The fourth-order valence-electron chi connectivity index (χ4n) is 1.60. The molecule has 104 valence electrons. The summed E-state index contributed by atoms with van der Waals surface area (Å²) in [7, 11) is 2.91. The molecule has 1 heterocycles. The third kappa shape index (κ3) is 3.38. The molecule has 2 rings (SSSR count). The van der Waals surface area contributed by atoms with Crippen molar-refractivity contribution in [1.82, 2.24) is 4.98 Å². The summed E-state index contributed by atoms with van der Waals surface area (Å²) < 4.78 is 9.74. The Morgan fingerprint density at radius 2 is 1.95 bits per heavy atom. The summed E-state index contributed by atoms with van der Waals surface area (Å²) in [4.78, 5) is 15.1. The van der Waals surface area contributed by atoms with E-state index in [0.29, 0.717) is 5.82 Å². The smallest absolute Gasteiger partial charge is 0.412 e. The number of nitrogens with zero attached hydrogens (tertiary/aromatic N) is 1. The highest BCUT2D eigenvalue weighted by molar-refractivity contribution is 5.83. The Morgan fingerprint density at radius 1 is 1.15 bits per heavy atom. The van der Waals surface area contributed by atoms with Crippen LogP contribution in [0, 0.1) is 0 Å². The first-order chi connectivity index (χ1) is 9.72. The zero-order chi connectivity index (χ0) is 14.4. The van der Waals surface area contributed by atoms with E-state index < -0.39 is 6.09 Å².